The number of hydrogen-bond donors (Lipinski definition) is 1. The Morgan fingerprint density at radius 3 is 2.78 bits per heavy atom. The van der Waals surface area contributed by atoms with Gasteiger partial charge in [-0.25, -0.2) is 0 Å². The van der Waals surface area contributed by atoms with Crippen LogP contribution in [0, 0.1) is 5.41 Å². The molecule has 1 atom stereocenters. The molecule has 9 heteroatoms. The molecule has 0 bridgehead atoms. The van der Waals surface area contributed by atoms with Crippen molar-refractivity contribution < 1.29 is 23.6 Å². The van der Waals surface area contributed by atoms with E-state index in [0.717, 1.165) is 12.8 Å². The molecular formula is C18H22N4O5. The summed E-state index contributed by atoms with van der Waals surface area (Å²) in [6.07, 6.45) is 3.74. The lowest BCUT2D eigenvalue weighted by atomic mass is 9.76. The fraction of sp³-hybridized carbons (Fsp3) is 0.556. The number of carboxylic acids is 1. The summed E-state index contributed by atoms with van der Waals surface area (Å²) in [5, 5.41) is 13.6. The first-order chi connectivity index (χ1) is 13.0. The number of carbonyl (C=O) groups excluding carboxylic acids is 1. The lowest BCUT2D eigenvalue weighted by Gasteiger charge is -2.39. The molecule has 2 aliphatic heterocycles. The standard InChI is InChI=1S/C18H22N4O5/c1-12(23)21-6-4-18(5-7-21)9-13(17(24)25)22(11-18)10-15-19-16(20-27-15)14-3-2-8-26-14/h2-3,8,13H,4-7,9-11H2,1H3,(H,24,25). The minimum Gasteiger partial charge on any atom is -0.480 e. The second-order valence-electron chi connectivity index (χ2n) is 7.46. The minimum atomic E-state index is -0.841. The molecular weight excluding hydrogens is 352 g/mol. The molecule has 0 radical (unpaired) electrons. The molecule has 1 spiro atoms. The first-order valence-electron chi connectivity index (χ1n) is 9.05. The molecule has 27 heavy (non-hydrogen) atoms. The lowest BCUT2D eigenvalue weighted by Crippen LogP contribution is -2.43. The van der Waals surface area contributed by atoms with E-state index in [2.05, 4.69) is 10.1 Å². The smallest absolute Gasteiger partial charge is 0.320 e. The number of amides is 1. The molecule has 1 amide bonds. The van der Waals surface area contributed by atoms with Gasteiger partial charge in [0.15, 0.2) is 5.76 Å². The van der Waals surface area contributed by atoms with Crippen LogP contribution in [-0.4, -0.2) is 62.6 Å². The van der Waals surface area contributed by atoms with Gasteiger partial charge >= 0.3 is 5.97 Å². The molecule has 2 aromatic heterocycles. The minimum absolute atomic E-state index is 0.0748. The SMILES string of the molecule is CC(=O)N1CCC2(CC1)CC(C(=O)O)N(Cc1nc(-c3ccco3)no1)C2. The number of hydrogen-bond acceptors (Lipinski definition) is 7. The Hall–Kier alpha value is -2.68. The molecule has 144 valence electrons. The molecule has 1 N–H and O–H groups in total. The molecule has 0 saturated carbocycles. The summed E-state index contributed by atoms with van der Waals surface area (Å²) in [5.74, 6) is 0.461. The van der Waals surface area contributed by atoms with E-state index in [9.17, 15) is 14.7 Å². The summed E-state index contributed by atoms with van der Waals surface area (Å²) in [6, 6.07) is 2.89. The highest BCUT2D eigenvalue weighted by molar-refractivity contribution is 5.74. The summed E-state index contributed by atoms with van der Waals surface area (Å²) < 4.78 is 10.6. The Kier molecular flexibility index (Phi) is 4.47. The Morgan fingerprint density at radius 2 is 2.15 bits per heavy atom. The predicted octanol–water partition coefficient (Wildman–Crippen LogP) is 1.62. The van der Waals surface area contributed by atoms with Crippen LogP contribution in [0.3, 0.4) is 0 Å². The normalized spacial score (nSPS) is 22.4. The van der Waals surface area contributed by atoms with Crippen LogP contribution >= 0.6 is 0 Å². The molecule has 0 aliphatic carbocycles. The van der Waals surface area contributed by atoms with Gasteiger partial charge in [-0.3, -0.25) is 14.5 Å². The van der Waals surface area contributed by atoms with Crippen LogP contribution in [0.15, 0.2) is 27.3 Å². The molecule has 1 unspecified atom stereocenters. The van der Waals surface area contributed by atoms with Crippen LogP contribution in [0.2, 0.25) is 0 Å². The van der Waals surface area contributed by atoms with Crippen LogP contribution in [0.4, 0.5) is 0 Å². The topological polar surface area (TPSA) is 113 Å². The lowest BCUT2D eigenvalue weighted by molar-refractivity contribution is -0.142. The molecule has 4 rings (SSSR count). The van der Waals surface area contributed by atoms with Crippen molar-refractivity contribution in [2.45, 2.75) is 38.8 Å². The molecule has 2 fully saturated rings. The van der Waals surface area contributed by atoms with Gasteiger partial charge in [-0.15, -0.1) is 0 Å². The largest absolute Gasteiger partial charge is 0.480 e. The molecule has 2 saturated heterocycles. The number of aliphatic carboxylic acids is 1. The van der Waals surface area contributed by atoms with Gasteiger partial charge in [-0.2, -0.15) is 4.98 Å². The summed E-state index contributed by atoms with van der Waals surface area (Å²) in [7, 11) is 0. The van der Waals surface area contributed by atoms with E-state index >= 15 is 0 Å². The maximum absolute atomic E-state index is 11.8. The number of carbonyl (C=O) groups is 2. The average molecular weight is 374 g/mol. The van der Waals surface area contributed by atoms with Crippen molar-refractivity contribution in [1.82, 2.24) is 19.9 Å². The fourth-order valence-electron chi connectivity index (χ4n) is 4.21. The monoisotopic (exact) mass is 374 g/mol. The van der Waals surface area contributed by atoms with Crippen molar-refractivity contribution >= 4 is 11.9 Å². The first kappa shape index (κ1) is 17.7. The van der Waals surface area contributed by atoms with Crippen molar-refractivity contribution in [3.05, 3.63) is 24.3 Å². The Morgan fingerprint density at radius 1 is 1.37 bits per heavy atom. The summed E-state index contributed by atoms with van der Waals surface area (Å²) in [4.78, 5) is 31.4. The van der Waals surface area contributed by atoms with Gasteiger partial charge in [0.1, 0.15) is 6.04 Å². The van der Waals surface area contributed by atoms with Crippen molar-refractivity contribution in [2.24, 2.45) is 5.41 Å². The fourth-order valence-corrected chi connectivity index (χ4v) is 4.21. The molecule has 9 nitrogen and oxygen atoms in total. The van der Waals surface area contributed by atoms with Gasteiger partial charge in [0.05, 0.1) is 12.8 Å². The van der Waals surface area contributed by atoms with E-state index in [1.165, 1.54) is 6.26 Å². The number of likely N-dealkylation sites (tertiary alicyclic amines) is 2. The zero-order valence-corrected chi connectivity index (χ0v) is 15.1. The highest BCUT2D eigenvalue weighted by Crippen LogP contribution is 2.44. The third kappa shape index (κ3) is 3.46. The number of furan rings is 1. The van der Waals surface area contributed by atoms with Gasteiger partial charge < -0.3 is 18.9 Å². The van der Waals surface area contributed by atoms with E-state index in [1.54, 1.807) is 19.1 Å². The van der Waals surface area contributed by atoms with Crippen molar-refractivity contribution in [3.8, 4) is 11.6 Å². The number of nitrogens with zero attached hydrogens (tertiary/aromatic N) is 4. The maximum Gasteiger partial charge on any atom is 0.320 e. The summed E-state index contributed by atoms with van der Waals surface area (Å²) >= 11 is 0. The van der Waals surface area contributed by atoms with E-state index < -0.39 is 12.0 Å². The Labute approximate surface area is 155 Å². The van der Waals surface area contributed by atoms with E-state index in [-0.39, 0.29) is 17.9 Å². The quantitative estimate of drug-likeness (QED) is 0.859. The van der Waals surface area contributed by atoms with Crippen LogP contribution in [0.1, 0.15) is 32.1 Å². The van der Waals surface area contributed by atoms with Crippen LogP contribution < -0.4 is 0 Å². The molecule has 4 heterocycles. The highest BCUT2D eigenvalue weighted by atomic mass is 16.5. The third-order valence-corrected chi connectivity index (χ3v) is 5.71. The van der Waals surface area contributed by atoms with Gasteiger partial charge in [0, 0.05) is 26.6 Å². The van der Waals surface area contributed by atoms with Gasteiger partial charge in [-0.05, 0) is 36.8 Å². The van der Waals surface area contributed by atoms with E-state index in [4.69, 9.17) is 8.94 Å². The second kappa shape index (κ2) is 6.80. The van der Waals surface area contributed by atoms with E-state index in [1.807, 2.05) is 9.80 Å². The van der Waals surface area contributed by atoms with Crippen molar-refractivity contribution in [3.63, 3.8) is 0 Å². The number of rotatable bonds is 4. The van der Waals surface area contributed by atoms with Crippen molar-refractivity contribution in [1.29, 1.82) is 0 Å². The first-order valence-corrected chi connectivity index (χ1v) is 9.05. The number of carboxylic acid groups (broad SMARTS) is 1. The highest BCUT2D eigenvalue weighted by Gasteiger charge is 2.48. The van der Waals surface area contributed by atoms with Gasteiger partial charge in [-0.1, -0.05) is 5.16 Å². The number of piperidine rings is 1. The maximum atomic E-state index is 11.8. The Bertz CT molecular complexity index is 823. The van der Waals surface area contributed by atoms with Gasteiger partial charge in [0.25, 0.3) is 0 Å². The predicted molar refractivity (Wildman–Crippen MR) is 92.4 cm³/mol. The molecule has 0 aromatic carbocycles. The van der Waals surface area contributed by atoms with Crippen LogP contribution in [-0.2, 0) is 16.1 Å². The zero-order chi connectivity index (χ0) is 19.0. The summed E-state index contributed by atoms with van der Waals surface area (Å²) in [5.41, 5.74) is -0.0845. The average Bonchev–Trinajstić information content (AvgIpc) is 3.36. The van der Waals surface area contributed by atoms with Crippen LogP contribution in [0.25, 0.3) is 11.6 Å². The zero-order valence-electron chi connectivity index (χ0n) is 15.1. The molecule has 2 aliphatic rings. The third-order valence-electron chi connectivity index (χ3n) is 5.71. The van der Waals surface area contributed by atoms with Gasteiger partial charge in [0.2, 0.25) is 17.6 Å². The van der Waals surface area contributed by atoms with E-state index in [0.29, 0.717) is 43.5 Å². The second-order valence-corrected chi connectivity index (χ2v) is 7.46. The van der Waals surface area contributed by atoms with Crippen molar-refractivity contribution in [2.75, 3.05) is 19.6 Å². The molecule has 2 aromatic rings. The van der Waals surface area contributed by atoms with Crippen LogP contribution in [0.5, 0.6) is 0 Å². The summed E-state index contributed by atoms with van der Waals surface area (Å²) in [6.45, 7) is 3.86. The number of aromatic nitrogens is 2. The Balaban J connectivity index is 1.47.